The topological polar surface area (TPSA) is 97.1 Å². The van der Waals surface area contributed by atoms with Gasteiger partial charge in [-0.3, -0.25) is 9.89 Å². The van der Waals surface area contributed by atoms with Crippen molar-refractivity contribution in [2.75, 3.05) is 6.54 Å². The molecule has 8 heteroatoms. The van der Waals surface area contributed by atoms with E-state index in [1.807, 2.05) is 37.3 Å². The van der Waals surface area contributed by atoms with Crippen molar-refractivity contribution in [3.8, 4) is 5.75 Å². The third-order valence-corrected chi connectivity index (χ3v) is 3.56. The van der Waals surface area contributed by atoms with Gasteiger partial charge in [0.2, 0.25) is 5.89 Å². The van der Waals surface area contributed by atoms with Crippen LogP contribution in [0.2, 0.25) is 0 Å². The Balaban J connectivity index is 1.62. The van der Waals surface area contributed by atoms with Crippen LogP contribution in [-0.4, -0.2) is 37.7 Å². The summed E-state index contributed by atoms with van der Waals surface area (Å²) < 4.78 is 10.6. The molecular formula is C17H19N5O3. The molecule has 0 fully saturated rings. The van der Waals surface area contributed by atoms with Crippen LogP contribution in [0.5, 0.6) is 5.75 Å². The van der Waals surface area contributed by atoms with Gasteiger partial charge in [0.1, 0.15) is 12.4 Å². The van der Waals surface area contributed by atoms with Crippen molar-refractivity contribution >= 4 is 5.91 Å². The summed E-state index contributed by atoms with van der Waals surface area (Å²) in [7, 11) is 0. The fourth-order valence-corrected chi connectivity index (χ4v) is 2.29. The van der Waals surface area contributed by atoms with E-state index in [-0.39, 0.29) is 12.5 Å². The smallest absolute Gasteiger partial charge is 0.274 e. The highest BCUT2D eigenvalue weighted by Crippen LogP contribution is 2.12. The van der Waals surface area contributed by atoms with E-state index in [1.54, 1.807) is 17.9 Å². The SMILES string of the molecule is CCN(Cc1noc(C)n1)C(=O)c1cc(COc2ccccc2)[nH]n1. The number of carbonyl (C=O) groups is 1. The number of benzene rings is 1. The highest BCUT2D eigenvalue weighted by atomic mass is 16.5. The molecule has 8 nitrogen and oxygen atoms in total. The van der Waals surface area contributed by atoms with Crippen LogP contribution < -0.4 is 4.74 Å². The normalized spacial score (nSPS) is 10.6. The van der Waals surface area contributed by atoms with Gasteiger partial charge in [-0.05, 0) is 25.1 Å². The van der Waals surface area contributed by atoms with Crippen LogP contribution in [-0.2, 0) is 13.2 Å². The summed E-state index contributed by atoms with van der Waals surface area (Å²) in [5, 5.41) is 10.7. The molecule has 25 heavy (non-hydrogen) atoms. The minimum absolute atomic E-state index is 0.202. The number of aryl methyl sites for hydroxylation is 1. The third-order valence-electron chi connectivity index (χ3n) is 3.56. The molecule has 0 aliphatic heterocycles. The van der Waals surface area contributed by atoms with Gasteiger partial charge in [-0.2, -0.15) is 10.1 Å². The molecule has 0 atom stereocenters. The molecule has 3 rings (SSSR count). The minimum atomic E-state index is -0.202. The fourth-order valence-electron chi connectivity index (χ4n) is 2.29. The Hall–Kier alpha value is -3.16. The van der Waals surface area contributed by atoms with E-state index in [2.05, 4.69) is 20.3 Å². The largest absolute Gasteiger partial charge is 0.487 e. The van der Waals surface area contributed by atoms with Crippen LogP contribution in [0.4, 0.5) is 0 Å². The summed E-state index contributed by atoms with van der Waals surface area (Å²) in [6.07, 6.45) is 0. The van der Waals surface area contributed by atoms with Gasteiger partial charge in [0.15, 0.2) is 11.5 Å². The summed E-state index contributed by atoms with van der Waals surface area (Å²) in [5.41, 5.74) is 1.05. The second-order valence-electron chi connectivity index (χ2n) is 5.43. The van der Waals surface area contributed by atoms with Gasteiger partial charge >= 0.3 is 0 Å². The number of para-hydroxylation sites is 1. The van der Waals surface area contributed by atoms with Crippen molar-refractivity contribution in [2.45, 2.75) is 27.0 Å². The van der Waals surface area contributed by atoms with Crippen LogP contribution in [0.3, 0.4) is 0 Å². The van der Waals surface area contributed by atoms with Crippen LogP contribution >= 0.6 is 0 Å². The maximum atomic E-state index is 12.6. The first kappa shape index (κ1) is 16.7. The lowest BCUT2D eigenvalue weighted by molar-refractivity contribution is 0.0741. The predicted octanol–water partition coefficient (Wildman–Crippen LogP) is 2.34. The average Bonchev–Trinajstić information content (AvgIpc) is 3.27. The van der Waals surface area contributed by atoms with Gasteiger partial charge in [-0.25, -0.2) is 0 Å². The Morgan fingerprint density at radius 1 is 1.32 bits per heavy atom. The number of amides is 1. The summed E-state index contributed by atoms with van der Waals surface area (Å²) in [6.45, 7) is 4.68. The van der Waals surface area contributed by atoms with E-state index in [0.717, 1.165) is 11.4 Å². The lowest BCUT2D eigenvalue weighted by Gasteiger charge is -2.17. The van der Waals surface area contributed by atoms with E-state index in [1.165, 1.54) is 0 Å². The number of nitrogens with zero attached hydrogens (tertiary/aromatic N) is 4. The molecule has 1 aromatic carbocycles. The number of hydrogen-bond acceptors (Lipinski definition) is 6. The first-order chi connectivity index (χ1) is 12.2. The first-order valence-electron chi connectivity index (χ1n) is 7.96. The van der Waals surface area contributed by atoms with Gasteiger partial charge in [-0.15, -0.1) is 0 Å². The van der Waals surface area contributed by atoms with Crippen LogP contribution in [0.25, 0.3) is 0 Å². The van der Waals surface area contributed by atoms with Crippen molar-refractivity contribution in [1.29, 1.82) is 0 Å². The number of aromatic amines is 1. The Labute approximate surface area is 144 Å². The third kappa shape index (κ3) is 4.23. The van der Waals surface area contributed by atoms with Crippen molar-refractivity contribution in [3.63, 3.8) is 0 Å². The molecule has 2 aromatic heterocycles. The summed E-state index contributed by atoms with van der Waals surface area (Å²) in [6, 6.07) is 11.1. The molecule has 1 amide bonds. The molecule has 0 unspecified atom stereocenters. The van der Waals surface area contributed by atoms with Gasteiger partial charge in [0, 0.05) is 13.5 Å². The highest BCUT2D eigenvalue weighted by molar-refractivity contribution is 5.92. The molecule has 0 radical (unpaired) electrons. The van der Waals surface area contributed by atoms with Crippen LogP contribution in [0.15, 0.2) is 40.9 Å². The fraction of sp³-hybridized carbons (Fsp3) is 0.294. The quantitative estimate of drug-likeness (QED) is 0.708. The molecule has 2 heterocycles. The second kappa shape index (κ2) is 7.61. The lowest BCUT2D eigenvalue weighted by Crippen LogP contribution is -2.31. The van der Waals surface area contributed by atoms with Crippen LogP contribution in [0.1, 0.15) is 34.8 Å². The van der Waals surface area contributed by atoms with Crippen molar-refractivity contribution in [2.24, 2.45) is 0 Å². The molecule has 130 valence electrons. The van der Waals surface area contributed by atoms with Crippen molar-refractivity contribution < 1.29 is 14.1 Å². The number of H-pyrrole nitrogens is 1. The molecule has 0 bridgehead atoms. The number of hydrogen-bond donors (Lipinski definition) is 1. The molecule has 0 saturated carbocycles. The summed E-state index contributed by atoms with van der Waals surface area (Å²) >= 11 is 0. The first-order valence-corrected chi connectivity index (χ1v) is 7.96. The maximum absolute atomic E-state index is 12.6. The number of aromatic nitrogens is 4. The Kier molecular flexibility index (Phi) is 5.08. The minimum Gasteiger partial charge on any atom is -0.487 e. The molecule has 0 spiro atoms. The zero-order chi connectivity index (χ0) is 17.6. The monoisotopic (exact) mass is 341 g/mol. The van der Waals surface area contributed by atoms with E-state index in [4.69, 9.17) is 9.26 Å². The van der Waals surface area contributed by atoms with Gasteiger partial charge < -0.3 is 14.2 Å². The molecule has 1 N–H and O–H groups in total. The number of rotatable bonds is 7. The molecular weight excluding hydrogens is 322 g/mol. The van der Waals surface area contributed by atoms with E-state index >= 15 is 0 Å². The van der Waals surface area contributed by atoms with E-state index in [9.17, 15) is 4.79 Å². The molecule has 0 saturated heterocycles. The van der Waals surface area contributed by atoms with E-state index < -0.39 is 0 Å². The summed E-state index contributed by atoms with van der Waals surface area (Å²) in [5.74, 6) is 1.49. The van der Waals surface area contributed by atoms with E-state index in [0.29, 0.717) is 30.6 Å². The second-order valence-corrected chi connectivity index (χ2v) is 5.43. The summed E-state index contributed by atoms with van der Waals surface area (Å²) in [4.78, 5) is 18.3. The highest BCUT2D eigenvalue weighted by Gasteiger charge is 2.19. The van der Waals surface area contributed by atoms with Crippen LogP contribution in [0, 0.1) is 6.92 Å². The Bertz CT molecular complexity index is 828. The Morgan fingerprint density at radius 3 is 2.80 bits per heavy atom. The predicted molar refractivity (Wildman–Crippen MR) is 88.8 cm³/mol. The Morgan fingerprint density at radius 2 is 2.12 bits per heavy atom. The van der Waals surface area contributed by atoms with Crippen molar-refractivity contribution in [1.82, 2.24) is 25.2 Å². The van der Waals surface area contributed by atoms with Gasteiger partial charge in [-0.1, -0.05) is 23.4 Å². The number of carbonyl (C=O) groups excluding carboxylic acids is 1. The zero-order valence-electron chi connectivity index (χ0n) is 14.1. The molecule has 3 aromatic rings. The maximum Gasteiger partial charge on any atom is 0.274 e. The lowest BCUT2D eigenvalue weighted by atomic mass is 10.3. The number of ether oxygens (including phenoxy) is 1. The number of nitrogens with one attached hydrogen (secondary N) is 1. The average molecular weight is 341 g/mol. The zero-order valence-corrected chi connectivity index (χ0v) is 14.1. The van der Waals surface area contributed by atoms with Crippen molar-refractivity contribution in [3.05, 3.63) is 59.5 Å². The van der Waals surface area contributed by atoms with Gasteiger partial charge in [0.25, 0.3) is 5.91 Å². The molecule has 0 aliphatic rings. The standard InChI is InChI=1S/C17H19N5O3/c1-3-22(10-16-18-12(2)25-21-16)17(23)15-9-13(19-20-15)11-24-14-7-5-4-6-8-14/h4-9H,3,10-11H2,1-2H3,(H,19,20). The van der Waals surface area contributed by atoms with Gasteiger partial charge in [0.05, 0.1) is 12.2 Å². The molecule has 0 aliphatic carbocycles.